The minimum Gasteiger partial charge on any atom is -0.469 e. The maximum Gasteiger partial charge on any atom is 0.171 e. The molecule has 2 atom stereocenters. The van der Waals surface area contributed by atoms with Gasteiger partial charge in [-0.3, -0.25) is 0 Å². The number of furan rings is 1. The summed E-state index contributed by atoms with van der Waals surface area (Å²) in [6, 6.07) is 2.56. The Bertz CT molecular complexity index is 346. The maximum absolute atomic E-state index is 5.48. The summed E-state index contributed by atoms with van der Waals surface area (Å²) in [5.74, 6) is 1.12. The second-order valence-corrected chi connectivity index (χ2v) is 4.54. The largest absolute Gasteiger partial charge is 0.469 e. The summed E-state index contributed by atoms with van der Waals surface area (Å²) in [6.45, 7) is 2.08. The van der Waals surface area contributed by atoms with E-state index in [0.717, 1.165) is 25.0 Å². The van der Waals surface area contributed by atoms with E-state index in [-0.39, 0.29) is 12.3 Å². The van der Waals surface area contributed by atoms with Gasteiger partial charge in [0.05, 0.1) is 12.3 Å². The predicted octanol–water partition coefficient (Wildman–Crippen LogP) is 2.25. The summed E-state index contributed by atoms with van der Waals surface area (Å²) in [7, 11) is 3.33. The number of hydrogen-bond acceptors (Lipinski definition) is 4. The summed E-state index contributed by atoms with van der Waals surface area (Å²) in [4.78, 5) is 0. The molecule has 1 N–H and O–H groups in total. The summed E-state index contributed by atoms with van der Waals surface area (Å²) in [5.41, 5.74) is 1.29. The third-order valence-electron chi connectivity index (χ3n) is 3.39. The molecular weight excluding hydrogens is 218 g/mol. The summed E-state index contributed by atoms with van der Waals surface area (Å²) in [5, 5.41) is 3.55. The molecule has 1 aromatic rings. The Balaban J connectivity index is 2.01. The van der Waals surface area contributed by atoms with Crippen molar-refractivity contribution in [3.63, 3.8) is 0 Å². The van der Waals surface area contributed by atoms with E-state index in [0.29, 0.717) is 6.04 Å². The standard InChI is InChI=1S/C13H21NO3/c1-9(13(15-2)16-3)14-11-5-4-6-12-10(11)7-8-17-12/h7-9,11,13-14H,4-6H2,1-3H3. The van der Waals surface area contributed by atoms with Crippen LogP contribution in [0.15, 0.2) is 16.7 Å². The molecule has 1 aromatic heterocycles. The molecule has 1 aliphatic rings. The van der Waals surface area contributed by atoms with Gasteiger partial charge in [0.1, 0.15) is 5.76 Å². The highest BCUT2D eigenvalue weighted by atomic mass is 16.7. The molecule has 96 valence electrons. The molecule has 4 nitrogen and oxygen atoms in total. The lowest BCUT2D eigenvalue weighted by molar-refractivity contribution is -0.121. The molecule has 0 saturated carbocycles. The molecule has 0 radical (unpaired) electrons. The highest BCUT2D eigenvalue weighted by Crippen LogP contribution is 2.30. The van der Waals surface area contributed by atoms with Gasteiger partial charge in [0.2, 0.25) is 0 Å². The Hall–Kier alpha value is -0.840. The highest BCUT2D eigenvalue weighted by molar-refractivity contribution is 5.24. The molecule has 1 aliphatic carbocycles. The molecule has 2 rings (SSSR count). The maximum atomic E-state index is 5.48. The Morgan fingerprint density at radius 2 is 2.18 bits per heavy atom. The molecule has 0 saturated heterocycles. The van der Waals surface area contributed by atoms with Gasteiger partial charge in [-0.15, -0.1) is 0 Å². The Morgan fingerprint density at radius 3 is 2.88 bits per heavy atom. The van der Waals surface area contributed by atoms with Crippen LogP contribution in [0, 0.1) is 0 Å². The molecule has 0 amide bonds. The van der Waals surface area contributed by atoms with E-state index in [1.807, 2.05) is 0 Å². The first kappa shape index (κ1) is 12.6. The Kier molecular flexibility index (Phi) is 4.20. The van der Waals surface area contributed by atoms with Crippen LogP contribution in [0.25, 0.3) is 0 Å². The lowest BCUT2D eigenvalue weighted by Crippen LogP contribution is -2.42. The number of hydrogen-bond donors (Lipinski definition) is 1. The Labute approximate surface area is 102 Å². The smallest absolute Gasteiger partial charge is 0.171 e. The molecule has 0 bridgehead atoms. The minimum atomic E-state index is -0.215. The predicted molar refractivity (Wildman–Crippen MR) is 64.8 cm³/mol. The van der Waals surface area contributed by atoms with E-state index in [1.165, 1.54) is 5.56 Å². The van der Waals surface area contributed by atoms with Crippen molar-refractivity contribution < 1.29 is 13.9 Å². The van der Waals surface area contributed by atoms with Crippen LogP contribution in [0.3, 0.4) is 0 Å². The van der Waals surface area contributed by atoms with Crippen LogP contribution in [0.2, 0.25) is 0 Å². The van der Waals surface area contributed by atoms with Crippen molar-refractivity contribution >= 4 is 0 Å². The summed E-state index contributed by atoms with van der Waals surface area (Å²) >= 11 is 0. The van der Waals surface area contributed by atoms with E-state index in [9.17, 15) is 0 Å². The fraction of sp³-hybridized carbons (Fsp3) is 0.692. The molecule has 0 spiro atoms. The van der Waals surface area contributed by atoms with Gasteiger partial charge >= 0.3 is 0 Å². The Morgan fingerprint density at radius 1 is 1.41 bits per heavy atom. The topological polar surface area (TPSA) is 43.6 Å². The molecular formula is C13H21NO3. The molecule has 4 heteroatoms. The number of ether oxygens (including phenoxy) is 2. The zero-order valence-corrected chi connectivity index (χ0v) is 10.7. The average Bonchev–Trinajstić information content (AvgIpc) is 2.80. The van der Waals surface area contributed by atoms with Crippen molar-refractivity contribution in [2.45, 2.75) is 44.6 Å². The first-order valence-corrected chi connectivity index (χ1v) is 6.14. The number of rotatable bonds is 5. The molecule has 0 aliphatic heterocycles. The van der Waals surface area contributed by atoms with Crippen LogP contribution in [0.4, 0.5) is 0 Å². The summed E-state index contributed by atoms with van der Waals surface area (Å²) < 4.78 is 16.0. The lowest BCUT2D eigenvalue weighted by atomic mass is 9.93. The quantitative estimate of drug-likeness (QED) is 0.800. The minimum absolute atomic E-state index is 0.149. The normalized spacial score (nSPS) is 21.5. The number of aryl methyl sites for hydroxylation is 1. The molecule has 17 heavy (non-hydrogen) atoms. The van der Waals surface area contributed by atoms with Crippen LogP contribution in [-0.2, 0) is 15.9 Å². The van der Waals surface area contributed by atoms with Crippen molar-refractivity contribution in [1.29, 1.82) is 0 Å². The van der Waals surface area contributed by atoms with Crippen LogP contribution in [-0.4, -0.2) is 26.6 Å². The van der Waals surface area contributed by atoms with Crippen LogP contribution in [0.1, 0.15) is 37.1 Å². The zero-order chi connectivity index (χ0) is 12.3. The van der Waals surface area contributed by atoms with Gasteiger partial charge < -0.3 is 19.2 Å². The lowest BCUT2D eigenvalue weighted by Gasteiger charge is -2.29. The first-order chi connectivity index (χ1) is 8.26. The van der Waals surface area contributed by atoms with Gasteiger partial charge in [-0.1, -0.05) is 0 Å². The van der Waals surface area contributed by atoms with E-state index in [2.05, 4.69) is 18.3 Å². The van der Waals surface area contributed by atoms with E-state index in [4.69, 9.17) is 13.9 Å². The third kappa shape index (κ3) is 2.70. The highest BCUT2D eigenvalue weighted by Gasteiger charge is 2.26. The summed E-state index contributed by atoms with van der Waals surface area (Å²) in [6.07, 6.45) is 4.91. The van der Waals surface area contributed by atoms with Crippen molar-refractivity contribution in [3.05, 3.63) is 23.7 Å². The van der Waals surface area contributed by atoms with Crippen LogP contribution < -0.4 is 5.32 Å². The van der Waals surface area contributed by atoms with Crippen molar-refractivity contribution in [2.75, 3.05) is 14.2 Å². The van der Waals surface area contributed by atoms with Crippen molar-refractivity contribution in [2.24, 2.45) is 0 Å². The van der Waals surface area contributed by atoms with Gasteiger partial charge in [0.15, 0.2) is 6.29 Å². The van der Waals surface area contributed by atoms with Crippen molar-refractivity contribution in [3.8, 4) is 0 Å². The number of methoxy groups -OCH3 is 2. The fourth-order valence-electron chi connectivity index (χ4n) is 2.56. The van der Waals surface area contributed by atoms with Gasteiger partial charge in [-0.25, -0.2) is 0 Å². The second-order valence-electron chi connectivity index (χ2n) is 4.54. The fourth-order valence-corrected chi connectivity index (χ4v) is 2.56. The van der Waals surface area contributed by atoms with Crippen LogP contribution in [0.5, 0.6) is 0 Å². The van der Waals surface area contributed by atoms with E-state index < -0.39 is 0 Å². The average molecular weight is 239 g/mol. The third-order valence-corrected chi connectivity index (χ3v) is 3.39. The molecule has 0 fully saturated rings. The molecule has 0 aromatic carbocycles. The zero-order valence-electron chi connectivity index (χ0n) is 10.7. The number of nitrogens with one attached hydrogen (secondary N) is 1. The first-order valence-electron chi connectivity index (χ1n) is 6.14. The van der Waals surface area contributed by atoms with Gasteiger partial charge in [0.25, 0.3) is 0 Å². The van der Waals surface area contributed by atoms with Crippen LogP contribution >= 0.6 is 0 Å². The number of fused-ring (bicyclic) bond motifs is 1. The van der Waals surface area contributed by atoms with Crippen molar-refractivity contribution in [1.82, 2.24) is 5.32 Å². The van der Waals surface area contributed by atoms with Gasteiger partial charge in [-0.05, 0) is 25.8 Å². The SMILES string of the molecule is COC(OC)C(C)NC1CCCc2occc21. The second kappa shape index (κ2) is 5.67. The molecule has 1 heterocycles. The van der Waals surface area contributed by atoms with E-state index >= 15 is 0 Å². The monoisotopic (exact) mass is 239 g/mol. The van der Waals surface area contributed by atoms with Gasteiger partial charge in [0, 0.05) is 32.2 Å². The van der Waals surface area contributed by atoms with E-state index in [1.54, 1.807) is 20.5 Å². The van der Waals surface area contributed by atoms with Gasteiger partial charge in [-0.2, -0.15) is 0 Å². The molecule has 2 unspecified atom stereocenters.